The molecular weight excluding hydrogens is 428 g/mol. The molecule has 4 aromatic rings. The monoisotopic (exact) mass is 452 g/mol. The number of thiazole rings is 1. The third-order valence-electron chi connectivity index (χ3n) is 5.92. The Balaban J connectivity index is 1.40. The van der Waals surface area contributed by atoms with Crippen molar-refractivity contribution in [2.45, 2.75) is 0 Å². The molecule has 5 heterocycles. The molecule has 166 valence electrons. The zero-order valence-corrected chi connectivity index (χ0v) is 18.7. The third-order valence-corrected chi connectivity index (χ3v) is 7.01. The average molecular weight is 453 g/mol. The fourth-order valence-electron chi connectivity index (χ4n) is 4.24. The molecule has 0 atom stereocenters. The van der Waals surface area contributed by atoms with Gasteiger partial charge in [0.25, 0.3) is 0 Å². The Morgan fingerprint density at radius 2 is 1.66 bits per heavy atom. The smallest absolute Gasteiger partial charge is 0.168 e. The van der Waals surface area contributed by atoms with E-state index >= 15 is 0 Å². The highest BCUT2D eigenvalue weighted by atomic mass is 32.1. The van der Waals surface area contributed by atoms with Gasteiger partial charge in [0.05, 0.1) is 43.9 Å². The first-order valence-corrected chi connectivity index (χ1v) is 11.6. The maximum atomic E-state index is 5.60. The summed E-state index contributed by atoms with van der Waals surface area (Å²) < 4.78 is 17.7. The predicted molar refractivity (Wildman–Crippen MR) is 125 cm³/mol. The van der Waals surface area contributed by atoms with E-state index in [4.69, 9.17) is 29.2 Å². The van der Waals surface area contributed by atoms with Crippen LogP contribution in [0, 0.1) is 0 Å². The Kier molecular flexibility index (Phi) is 5.05. The van der Waals surface area contributed by atoms with Crippen LogP contribution in [0.3, 0.4) is 0 Å². The fraction of sp³-hybridized carbons (Fsp3) is 0.409. The molecule has 2 saturated heterocycles. The molecule has 2 aliphatic rings. The number of aromatic nitrogens is 4. The molecule has 0 unspecified atom stereocenters. The van der Waals surface area contributed by atoms with Crippen LogP contribution < -0.4 is 14.5 Å². The summed E-state index contributed by atoms with van der Waals surface area (Å²) >= 11 is 1.63. The van der Waals surface area contributed by atoms with Gasteiger partial charge in [-0.2, -0.15) is 0 Å². The second-order valence-electron chi connectivity index (χ2n) is 7.81. The molecule has 1 N–H and O–H groups in total. The van der Waals surface area contributed by atoms with E-state index in [1.54, 1.807) is 18.4 Å². The number of hydrogen-bond acceptors (Lipinski definition) is 9. The van der Waals surface area contributed by atoms with Crippen LogP contribution in [0.1, 0.15) is 0 Å². The number of benzene rings is 1. The molecule has 3 aromatic heterocycles. The van der Waals surface area contributed by atoms with E-state index < -0.39 is 0 Å². The summed E-state index contributed by atoms with van der Waals surface area (Å²) in [6.45, 7) is 6.36. The summed E-state index contributed by atoms with van der Waals surface area (Å²) in [7, 11) is 1.68. The van der Waals surface area contributed by atoms with Gasteiger partial charge in [-0.15, -0.1) is 11.3 Å². The molecule has 32 heavy (non-hydrogen) atoms. The van der Waals surface area contributed by atoms with Gasteiger partial charge in [0.1, 0.15) is 22.6 Å². The number of H-pyrrole nitrogens is 1. The minimum Gasteiger partial charge on any atom is -0.494 e. The molecule has 1 aromatic carbocycles. The molecule has 6 rings (SSSR count). The summed E-state index contributed by atoms with van der Waals surface area (Å²) in [6.07, 6.45) is 0. The molecule has 9 nitrogen and oxygen atoms in total. The summed E-state index contributed by atoms with van der Waals surface area (Å²) in [5.41, 5.74) is 3.62. The van der Waals surface area contributed by atoms with E-state index in [0.29, 0.717) is 0 Å². The van der Waals surface area contributed by atoms with Crippen molar-refractivity contribution in [3.05, 3.63) is 24.3 Å². The van der Waals surface area contributed by atoms with Gasteiger partial charge in [-0.25, -0.2) is 15.0 Å². The number of pyridine rings is 1. The lowest BCUT2D eigenvalue weighted by Crippen LogP contribution is -2.36. The highest BCUT2D eigenvalue weighted by molar-refractivity contribution is 7.22. The number of ether oxygens (including phenoxy) is 3. The van der Waals surface area contributed by atoms with Crippen molar-refractivity contribution in [2.24, 2.45) is 0 Å². The predicted octanol–water partition coefficient (Wildman–Crippen LogP) is 2.92. The number of methoxy groups -OCH3 is 1. The van der Waals surface area contributed by atoms with Crippen LogP contribution in [0.5, 0.6) is 5.75 Å². The van der Waals surface area contributed by atoms with E-state index in [9.17, 15) is 0 Å². The number of nitrogens with one attached hydrogen (secondary N) is 1. The highest BCUT2D eigenvalue weighted by Crippen LogP contribution is 2.40. The van der Waals surface area contributed by atoms with Crippen molar-refractivity contribution in [3.8, 4) is 16.6 Å². The van der Waals surface area contributed by atoms with Gasteiger partial charge >= 0.3 is 0 Å². The summed E-state index contributed by atoms with van der Waals surface area (Å²) in [4.78, 5) is 22.5. The number of hydrogen-bond donors (Lipinski definition) is 1. The first kappa shape index (κ1) is 19.7. The molecule has 2 aliphatic heterocycles. The number of fused-ring (bicyclic) bond motifs is 2. The normalized spacial score (nSPS) is 17.4. The Morgan fingerprint density at radius 1 is 0.906 bits per heavy atom. The highest BCUT2D eigenvalue weighted by Gasteiger charge is 2.21. The molecule has 0 bridgehead atoms. The fourth-order valence-corrected chi connectivity index (χ4v) is 5.31. The van der Waals surface area contributed by atoms with Gasteiger partial charge in [-0.1, -0.05) is 0 Å². The number of morpholine rings is 2. The number of imidazole rings is 1. The van der Waals surface area contributed by atoms with E-state index in [0.717, 1.165) is 102 Å². The second kappa shape index (κ2) is 8.19. The van der Waals surface area contributed by atoms with Crippen molar-refractivity contribution >= 4 is 44.2 Å². The zero-order valence-electron chi connectivity index (χ0n) is 17.8. The standard InChI is InChI=1S/C22H24N6O3S/c1-29-16-4-3-15(27-6-10-30-11-7-27)19-18(16)25-22(32-19)21-23-14-2-5-17(24-20(14)26-21)28-8-12-31-13-9-28/h2-5H,6-13H2,1H3,(H,23,24,26). The van der Waals surface area contributed by atoms with Gasteiger partial charge < -0.3 is 29.0 Å². The molecule has 0 amide bonds. The average Bonchev–Trinajstić information content (AvgIpc) is 3.49. The first-order chi connectivity index (χ1) is 15.8. The van der Waals surface area contributed by atoms with Crippen LogP contribution in [0.25, 0.3) is 32.2 Å². The van der Waals surface area contributed by atoms with Gasteiger partial charge in [-0.05, 0) is 24.3 Å². The van der Waals surface area contributed by atoms with Gasteiger partial charge in [0.2, 0.25) is 0 Å². The number of anilines is 2. The lowest BCUT2D eigenvalue weighted by molar-refractivity contribution is 0.122. The van der Waals surface area contributed by atoms with Crippen LogP contribution in [-0.2, 0) is 9.47 Å². The summed E-state index contributed by atoms with van der Waals surface area (Å²) in [5, 5.41) is 0.824. The lowest BCUT2D eigenvalue weighted by atomic mass is 10.2. The van der Waals surface area contributed by atoms with Crippen LogP contribution in [0.2, 0.25) is 0 Å². The SMILES string of the molecule is COc1ccc(N2CCOCC2)c2sc(-c3nc4ccc(N5CCOCC5)nc4[nH]3)nc12. The van der Waals surface area contributed by atoms with E-state index in [2.05, 4.69) is 20.9 Å². The number of nitrogens with zero attached hydrogens (tertiary/aromatic N) is 5. The Morgan fingerprint density at radius 3 is 2.41 bits per heavy atom. The Bertz CT molecular complexity index is 1260. The van der Waals surface area contributed by atoms with Gasteiger partial charge in [0.15, 0.2) is 16.5 Å². The van der Waals surface area contributed by atoms with Crippen molar-refractivity contribution in [1.82, 2.24) is 19.9 Å². The van der Waals surface area contributed by atoms with Crippen LogP contribution in [0.15, 0.2) is 24.3 Å². The minimum atomic E-state index is 0.725. The first-order valence-electron chi connectivity index (χ1n) is 10.8. The van der Waals surface area contributed by atoms with Gasteiger partial charge in [-0.3, -0.25) is 0 Å². The molecular formula is C22H24N6O3S. The molecule has 0 spiro atoms. The van der Waals surface area contributed by atoms with Crippen LogP contribution >= 0.6 is 11.3 Å². The van der Waals surface area contributed by atoms with Crippen LogP contribution in [-0.4, -0.2) is 79.7 Å². The number of rotatable bonds is 4. The maximum absolute atomic E-state index is 5.60. The molecule has 0 aliphatic carbocycles. The maximum Gasteiger partial charge on any atom is 0.168 e. The topological polar surface area (TPSA) is 88.6 Å². The van der Waals surface area contributed by atoms with E-state index in [-0.39, 0.29) is 0 Å². The van der Waals surface area contributed by atoms with Gasteiger partial charge in [0, 0.05) is 26.2 Å². The zero-order chi connectivity index (χ0) is 21.5. The van der Waals surface area contributed by atoms with Crippen molar-refractivity contribution < 1.29 is 14.2 Å². The summed E-state index contributed by atoms with van der Waals surface area (Å²) in [6, 6.07) is 8.14. The third kappa shape index (κ3) is 3.44. The van der Waals surface area contributed by atoms with Crippen molar-refractivity contribution in [3.63, 3.8) is 0 Å². The van der Waals surface area contributed by atoms with Crippen LogP contribution in [0.4, 0.5) is 11.5 Å². The quantitative estimate of drug-likeness (QED) is 0.506. The van der Waals surface area contributed by atoms with E-state index in [1.807, 2.05) is 18.2 Å². The molecule has 0 radical (unpaired) electrons. The summed E-state index contributed by atoms with van der Waals surface area (Å²) in [5.74, 6) is 2.43. The molecule has 0 saturated carbocycles. The molecule has 2 fully saturated rings. The Labute approximate surface area is 188 Å². The molecule has 10 heteroatoms. The lowest BCUT2D eigenvalue weighted by Gasteiger charge is -2.29. The largest absolute Gasteiger partial charge is 0.494 e. The van der Waals surface area contributed by atoms with E-state index in [1.165, 1.54) is 0 Å². The minimum absolute atomic E-state index is 0.725. The second-order valence-corrected chi connectivity index (χ2v) is 8.80. The van der Waals surface area contributed by atoms with Crippen molar-refractivity contribution in [2.75, 3.05) is 69.5 Å². The number of aromatic amines is 1. The van der Waals surface area contributed by atoms with Crippen molar-refractivity contribution in [1.29, 1.82) is 0 Å². The Hall–Kier alpha value is -2.95.